The molecule has 3 nitrogen and oxygen atoms in total. The maximum atomic E-state index is 10.4. The van der Waals surface area contributed by atoms with Crippen LogP contribution in [0.4, 0.5) is 0 Å². The van der Waals surface area contributed by atoms with Gasteiger partial charge in [-0.15, -0.1) is 0 Å². The second kappa shape index (κ2) is 8.35. The Hall–Kier alpha value is -1.77. The molecule has 0 spiro atoms. The Labute approximate surface area is 114 Å². The molecule has 1 atom stereocenters. The summed E-state index contributed by atoms with van der Waals surface area (Å²) in [5, 5.41) is 8.53. The summed E-state index contributed by atoms with van der Waals surface area (Å²) in [6.45, 7) is 5.11. The summed E-state index contributed by atoms with van der Waals surface area (Å²) in [4.78, 5) is 10.4. The van der Waals surface area contributed by atoms with Gasteiger partial charge in [0.2, 0.25) is 0 Å². The highest BCUT2D eigenvalue weighted by molar-refractivity contribution is 5.85. The van der Waals surface area contributed by atoms with Crippen LogP contribution in [0.2, 0.25) is 0 Å². The Balaban J connectivity index is 2.42. The van der Waals surface area contributed by atoms with Crippen LogP contribution in [0.5, 0.6) is 5.75 Å². The van der Waals surface area contributed by atoms with Gasteiger partial charge >= 0.3 is 5.97 Å². The minimum absolute atomic E-state index is 0.562. The van der Waals surface area contributed by atoms with Gasteiger partial charge in [-0.2, -0.15) is 0 Å². The fraction of sp³-hybridized carbons (Fsp3) is 0.438. The normalized spacial score (nSPS) is 12.5. The zero-order chi connectivity index (χ0) is 14.1. The minimum atomic E-state index is -0.940. The largest absolute Gasteiger partial charge is 0.493 e. The zero-order valence-corrected chi connectivity index (χ0v) is 11.6. The van der Waals surface area contributed by atoms with E-state index in [0.717, 1.165) is 24.0 Å². The van der Waals surface area contributed by atoms with Crippen molar-refractivity contribution in [1.29, 1.82) is 0 Å². The molecule has 1 unspecified atom stereocenters. The van der Waals surface area contributed by atoms with Gasteiger partial charge in [-0.3, -0.25) is 0 Å². The standard InChI is InChI=1S/C16H22O3/c1-3-4-5-13(2)12-19-15-9-6-14(7-10-15)8-11-16(17)18/h6-11,13H,3-5,12H2,1-2H3,(H,17,18)/b11-8+. The SMILES string of the molecule is CCCCC(C)COc1ccc(/C=C/C(=O)O)cc1. The highest BCUT2D eigenvalue weighted by Crippen LogP contribution is 2.15. The lowest BCUT2D eigenvalue weighted by atomic mass is 10.1. The predicted molar refractivity (Wildman–Crippen MR) is 77.3 cm³/mol. The van der Waals surface area contributed by atoms with Gasteiger partial charge in [0.15, 0.2) is 0 Å². The molecule has 0 aliphatic carbocycles. The van der Waals surface area contributed by atoms with E-state index in [9.17, 15) is 4.79 Å². The van der Waals surface area contributed by atoms with Crippen LogP contribution >= 0.6 is 0 Å². The van der Waals surface area contributed by atoms with Gasteiger partial charge in [-0.25, -0.2) is 4.79 Å². The zero-order valence-electron chi connectivity index (χ0n) is 11.6. The van der Waals surface area contributed by atoms with E-state index in [1.807, 2.05) is 24.3 Å². The molecule has 0 saturated heterocycles. The van der Waals surface area contributed by atoms with Gasteiger partial charge in [0, 0.05) is 6.08 Å². The van der Waals surface area contributed by atoms with Gasteiger partial charge in [-0.05, 0) is 36.1 Å². The van der Waals surface area contributed by atoms with Crippen molar-refractivity contribution in [2.75, 3.05) is 6.61 Å². The van der Waals surface area contributed by atoms with Crippen molar-refractivity contribution >= 4 is 12.0 Å². The lowest BCUT2D eigenvalue weighted by Crippen LogP contribution is -2.08. The molecule has 19 heavy (non-hydrogen) atoms. The number of carbonyl (C=O) groups is 1. The molecule has 0 aliphatic rings. The molecular formula is C16H22O3. The molecule has 1 aromatic rings. The van der Waals surface area contributed by atoms with Crippen molar-refractivity contribution in [3.63, 3.8) is 0 Å². The first-order chi connectivity index (χ1) is 9.11. The molecule has 3 heteroatoms. The van der Waals surface area contributed by atoms with Crippen molar-refractivity contribution in [2.24, 2.45) is 5.92 Å². The summed E-state index contributed by atoms with van der Waals surface area (Å²) in [5.74, 6) is 0.451. The highest BCUT2D eigenvalue weighted by Gasteiger charge is 2.02. The average molecular weight is 262 g/mol. The number of unbranched alkanes of at least 4 members (excludes halogenated alkanes) is 1. The predicted octanol–water partition coefficient (Wildman–Crippen LogP) is 3.99. The van der Waals surface area contributed by atoms with Crippen LogP contribution in [-0.2, 0) is 4.79 Å². The number of hydrogen-bond acceptors (Lipinski definition) is 2. The van der Waals surface area contributed by atoms with Gasteiger partial charge in [0.25, 0.3) is 0 Å². The van der Waals surface area contributed by atoms with Gasteiger partial charge < -0.3 is 9.84 Å². The third kappa shape index (κ3) is 6.65. The van der Waals surface area contributed by atoms with Crippen molar-refractivity contribution in [1.82, 2.24) is 0 Å². The monoisotopic (exact) mass is 262 g/mol. The third-order valence-electron chi connectivity index (χ3n) is 2.88. The first kappa shape index (κ1) is 15.3. The van der Waals surface area contributed by atoms with Crippen molar-refractivity contribution in [3.8, 4) is 5.75 Å². The number of carboxylic acid groups (broad SMARTS) is 1. The van der Waals surface area contributed by atoms with Crippen LogP contribution in [0.1, 0.15) is 38.7 Å². The molecule has 1 aromatic carbocycles. The number of rotatable bonds is 8. The molecule has 0 bridgehead atoms. The van der Waals surface area contributed by atoms with Crippen LogP contribution in [-0.4, -0.2) is 17.7 Å². The number of benzene rings is 1. The number of ether oxygens (including phenoxy) is 1. The number of aliphatic carboxylic acids is 1. The molecule has 1 N–H and O–H groups in total. The van der Waals surface area contributed by atoms with Crippen LogP contribution in [0, 0.1) is 5.92 Å². The van der Waals surface area contributed by atoms with Crippen LogP contribution in [0.15, 0.2) is 30.3 Å². The van der Waals surface area contributed by atoms with E-state index in [1.165, 1.54) is 19.3 Å². The summed E-state index contributed by atoms with van der Waals surface area (Å²) in [6, 6.07) is 7.44. The Bertz CT molecular complexity index is 407. The van der Waals surface area contributed by atoms with E-state index in [0.29, 0.717) is 5.92 Å². The van der Waals surface area contributed by atoms with E-state index in [1.54, 1.807) is 6.08 Å². The van der Waals surface area contributed by atoms with Crippen molar-refractivity contribution < 1.29 is 14.6 Å². The smallest absolute Gasteiger partial charge is 0.328 e. The fourth-order valence-corrected chi connectivity index (χ4v) is 1.72. The second-order valence-electron chi connectivity index (χ2n) is 4.80. The molecule has 0 heterocycles. The van der Waals surface area contributed by atoms with E-state index in [-0.39, 0.29) is 0 Å². The summed E-state index contributed by atoms with van der Waals surface area (Å²) in [6.07, 6.45) is 6.34. The van der Waals surface area contributed by atoms with E-state index in [2.05, 4.69) is 13.8 Å². The van der Waals surface area contributed by atoms with Gasteiger partial charge in [0.05, 0.1) is 6.61 Å². The molecule has 0 saturated carbocycles. The maximum absolute atomic E-state index is 10.4. The van der Waals surface area contributed by atoms with E-state index >= 15 is 0 Å². The average Bonchev–Trinajstić information content (AvgIpc) is 2.41. The first-order valence-electron chi connectivity index (χ1n) is 6.75. The summed E-state index contributed by atoms with van der Waals surface area (Å²) >= 11 is 0. The molecule has 1 rings (SSSR count). The second-order valence-corrected chi connectivity index (χ2v) is 4.80. The van der Waals surface area contributed by atoms with E-state index in [4.69, 9.17) is 9.84 Å². The summed E-state index contributed by atoms with van der Waals surface area (Å²) in [5.41, 5.74) is 0.855. The Morgan fingerprint density at radius 2 is 2.05 bits per heavy atom. The van der Waals surface area contributed by atoms with Crippen LogP contribution in [0.3, 0.4) is 0 Å². The van der Waals surface area contributed by atoms with Crippen molar-refractivity contribution in [2.45, 2.75) is 33.1 Å². The molecule has 0 fully saturated rings. The quantitative estimate of drug-likeness (QED) is 0.720. The lowest BCUT2D eigenvalue weighted by Gasteiger charge is -2.12. The third-order valence-corrected chi connectivity index (χ3v) is 2.88. The number of carboxylic acids is 1. The molecule has 104 valence electrons. The van der Waals surface area contributed by atoms with Crippen molar-refractivity contribution in [3.05, 3.63) is 35.9 Å². The van der Waals surface area contributed by atoms with Gasteiger partial charge in [-0.1, -0.05) is 38.8 Å². The lowest BCUT2D eigenvalue weighted by molar-refractivity contribution is -0.131. The summed E-state index contributed by atoms with van der Waals surface area (Å²) in [7, 11) is 0. The molecule has 0 amide bonds. The van der Waals surface area contributed by atoms with E-state index < -0.39 is 5.97 Å². The highest BCUT2D eigenvalue weighted by atomic mass is 16.5. The summed E-state index contributed by atoms with van der Waals surface area (Å²) < 4.78 is 5.71. The Morgan fingerprint density at radius 1 is 1.37 bits per heavy atom. The topological polar surface area (TPSA) is 46.5 Å². The molecule has 0 aliphatic heterocycles. The molecule has 0 radical (unpaired) electrons. The Kier molecular flexibility index (Phi) is 6.72. The Morgan fingerprint density at radius 3 is 2.63 bits per heavy atom. The fourth-order valence-electron chi connectivity index (χ4n) is 1.72. The molecular weight excluding hydrogens is 240 g/mol. The number of hydrogen-bond donors (Lipinski definition) is 1. The van der Waals surface area contributed by atoms with Gasteiger partial charge in [0.1, 0.15) is 5.75 Å². The minimum Gasteiger partial charge on any atom is -0.493 e. The maximum Gasteiger partial charge on any atom is 0.328 e. The first-order valence-corrected chi connectivity index (χ1v) is 6.75. The van der Waals surface area contributed by atoms with Crippen LogP contribution < -0.4 is 4.74 Å². The molecule has 0 aromatic heterocycles. The van der Waals surface area contributed by atoms with Crippen LogP contribution in [0.25, 0.3) is 6.08 Å².